The highest BCUT2D eigenvalue weighted by Crippen LogP contribution is 2.20. The van der Waals surface area contributed by atoms with E-state index in [1.165, 1.54) is 9.47 Å². The maximum atomic E-state index is 13.1. The van der Waals surface area contributed by atoms with E-state index in [-0.39, 0.29) is 43.4 Å². The van der Waals surface area contributed by atoms with Crippen LogP contribution in [0.25, 0.3) is 0 Å². The molecule has 2 aromatic rings. The van der Waals surface area contributed by atoms with Crippen molar-refractivity contribution in [3.05, 3.63) is 38.2 Å². The van der Waals surface area contributed by atoms with Gasteiger partial charge in [-0.1, -0.05) is 33.1 Å². The molecule has 0 aliphatic heterocycles. The third-order valence-corrected chi connectivity index (χ3v) is 5.48. The summed E-state index contributed by atoms with van der Waals surface area (Å²) >= 11 is 0. The lowest BCUT2D eigenvalue weighted by Crippen LogP contribution is -2.41. The first kappa shape index (κ1) is 26.9. The Labute approximate surface area is 198 Å². The van der Waals surface area contributed by atoms with Gasteiger partial charge in [0.2, 0.25) is 11.8 Å². The number of nitrogens with two attached hydrogens (primary N) is 1. The number of nitrogens with one attached hydrogen (secondary N) is 1. The fraction of sp³-hybridized carbons (Fsp3) is 0.609. The Kier molecular flexibility index (Phi) is 10.1. The molecule has 0 saturated heterocycles. The van der Waals surface area contributed by atoms with Gasteiger partial charge in [0.15, 0.2) is 12.3 Å². The standard InChI is InChI=1S/C23H35N5O6/c1-5-7-9-13-27(20-21(24)28(12-8-6-2)23(32)26-22(20)31)18(29)10-11-19(30)33-14-17-25-15(3)16(4)34-17/h5-14,24H2,1-4H3,(H,26,31,32). The molecular weight excluding hydrogens is 442 g/mol. The van der Waals surface area contributed by atoms with Crippen molar-refractivity contribution in [2.75, 3.05) is 17.2 Å². The molecule has 3 N–H and O–H groups in total. The van der Waals surface area contributed by atoms with Crippen molar-refractivity contribution in [3.8, 4) is 0 Å². The average molecular weight is 478 g/mol. The predicted octanol–water partition coefficient (Wildman–Crippen LogP) is 2.57. The Morgan fingerprint density at radius 3 is 2.44 bits per heavy atom. The van der Waals surface area contributed by atoms with Gasteiger partial charge < -0.3 is 19.8 Å². The van der Waals surface area contributed by atoms with E-state index in [1.807, 2.05) is 13.8 Å². The number of H-pyrrole nitrogens is 1. The smallest absolute Gasteiger partial charge is 0.330 e. The van der Waals surface area contributed by atoms with Crippen LogP contribution in [0.5, 0.6) is 0 Å². The van der Waals surface area contributed by atoms with Crippen molar-refractivity contribution in [1.82, 2.24) is 14.5 Å². The summed E-state index contributed by atoms with van der Waals surface area (Å²) in [6, 6.07) is 0. The molecule has 11 nitrogen and oxygen atoms in total. The van der Waals surface area contributed by atoms with E-state index in [4.69, 9.17) is 14.9 Å². The fourth-order valence-corrected chi connectivity index (χ4v) is 3.42. The summed E-state index contributed by atoms with van der Waals surface area (Å²) in [7, 11) is 0. The minimum Gasteiger partial charge on any atom is -0.456 e. The summed E-state index contributed by atoms with van der Waals surface area (Å²) in [5.41, 5.74) is 5.51. The molecular formula is C23H35N5O6. The van der Waals surface area contributed by atoms with Crippen molar-refractivity contribution >= 4 is 23.4 Å². The molecule has 0 saturated carbocycles. The second-order valence-electron chi connectivity index (χ2n) is 8.16. The molecule has 188 valence electrons. The normalized spacial score (nSPS) is 10.9. The van der Waals surface area contributed by atoms with E-state index >= 15 is 0 Å². The van der Waals surface area contributed by atoms with Crippen molar-refractivity contribution in [3.63, 3.8) is 0 Å². The molecule has 2 rings (SSSR count). The number of nitrogens with zero attached hydrogens (tertiary/aromatic N) is 3. The molecule has 1 amide bonds. The van der Waals surface area contributed by atoms with Crippen LogP contribution in [-0.4, -0.2) is 33.0 Å². The monoisotopic (exact) mass is 477 g/mol. The quantitative estimate of drug-likeness (QED) is 0.330. The molecule has 0 aromatic carbocycles. The minimum atomic E-state index is -0.725. The molecule has 0 spiro atoms. The zero-order chi connectivity index (χ0) is 25.3. The van der Waals surface area contributed by atoms with Gasteiger partial charge in [0.25, 0.3) is 5.56 Å². The van der Waals surface area contributed by atoms with Gasteiger partial charge >= 0.3 is 11.7 Å². The number of aromatic amines is 1. The lowest BCUT2D eigenvalue weighted by molar-refractivity contribution is -0.146. The van der Waals surface area contributed by atoms with Crippen LogP contribution in [0.2, 0.25) is 0 Å². The van der Waals surface area contributed by atoms with Crippen molar-refractivity contribution in [2.24, 2.45) is 0 Å². The third kappa shape index (κ3) is 7.06. The molecule has 0 atom stereocenters. The van der Waals surface area contributed by atoms with Gasteiger partial charge in [-0.15, -0.1) is 0 Å². The Bertz CT molecular complexity index is 1080. The molecule has 0 radical (unpaired) electrons. The number of unbranched alkanes of at least 4 members (excludes halogenated alkanes) is 3. The van der Waals surface area contributed by atoms with Gasteiger partial charge in [0, 0.05) is 19.5 Å². The number of carbonyl (C=O) groups excluding carboxylic acids is 2. The summed E-state index contributed by atoms with van der Waals surface area (Å²) < 4.78 is 11.8. The topological polar surface area (TPSA) is 154 Å². The number of amides is 1. The van der Waals surface area contributed by atoms with Gasteiger partial charge in [-0.25, -0.2) is 9.78 Å². The Morgan fingerprint density at radius 2 is 1.82 bits per heavy atom. The van der Waals surface area contributed by atoms with Gasteiger partial charge in [-0.05, 0) is 26.7 Å². The lowest BCUT2D eigenvalue weighted by Gasteiger charge is -2.24. The Balaban J connectivity index is 2.15. The molecule has 0 unspecified atom stereocenters. The Morgan fingerprint density at radius 1 is 1.12 bits per heavy atom. The first-order valence-electron chi connectivity index (χ1n) is 11.7. The lowest BCUT2D eigenvalue weighted by atomic mass is 10.2. The number of aromatic nitrogens is 3. The highest BCUT2D eigenvalue weighted by Gasteiger charge is 2.24. The predicted molar refractivity (Wildman–Crippen MR) is 128 cm³/mol. The van der Waals surface area contributed by atoms with Crippen LogP contribution in [0.15, 0.2) is 14.0 Å². The maximum Gasteiger partial charge on any atom is 0.330 e. The second kappa shape index (κ2) is 12.8. The van der Waals surface area contributed by atoms with Crippen molar-refractivity contribution in [2.45, 2.75) is 85.8 Å². The zero-order valence-electron chi connectivity index (χ0n) is 20.4. The number of aryl methyl sites for hydroxylation is 2. The molecule has 0 bridgehead atoms. The minimum absolute atomic E-state index is 0.0516. The number of hydrogen-bond donors (Lipinski definition) is 2. The second-order valence-corrected chi connectivity index (χ2v) is 8.16. The van der Waals surface area contributed by atoms with E-state index in [9.17, 15) is 19.2 Å². The number of anilines is 2. The van der Waals surface area contributed by atoms with Crippen molar-refractivity contribution < 1.29 is 18.7 Å². The van der Waals surface area contributed by atoms with E-state index in [2.05, 4.69) is 9.97 Å². The third-order valence-electron chi connectivity index (χ3n) is 5.48. The zero-order valence-corrected chi connectivity index (χ0v) is 20.4. The van der Waals surface area contributed by atoms with Crippen LogP contribution in [0, 0.1) is 13.8 Å². The SMILES string of the molecule is CCCCCN(C(=O)CCC(=O)OCc1nc(C)c(C)o1)c1c(N)n(CCCC)c(=O)[nH]c1=O. The molecule has 34 heavy (non-hydrogen) atoms. The molecule has 2 heterocycles. The van der Waals surface area contributed by atoms with Gasteiger partial charge in [0.05, 0.1) is 12.1 Å². The van der Waals surface area contributed by atoms with Crippen LogP contribution < -0.4 is 21.9 Å². The summed E-state index contributed by atoms with van der Waals surface area (Å²) in [4.78, 5) is 57.8. The fourth-order valence-electron chi connectivity index (χ4n) is 3.42. The number of carbonyl (C=O) groups is 2. The summed E-state index contributed by atoms with van der Waals surface area (Å²) in [5.74, 6) is -0.167. The van der Waals surface area contributed by atoms with E-state index < -0.39 is 23.1 Å². The average Bonchev–Trinajstić information content (AvgIpc) is 3.11. The summed E-state index contributed by atoms with van der Waals surface area (Å²) in [5, 5.41) is 0. The molecule has 0 aliphatic rings. The highest BCUT2D eigenvalue weighted by molar-refractivity contribution is 5.96. The first-order valence-corrected chi connectivity index (χ1v) is 11.7. The summed E-state index contributed by atoms with van der Waals surface area (Å²) in [6.45, 7) is 7.98. The molecule has 0 aliphatic carbocycles. The van der Waals surface area contributed by atoms with Crippen LogP contribution in [0.3, 0.4) is 0 Å². The first-order chi connectivity index (χ1) is 16.2. The van der Waals surface area contributed by atoms with Crippen molar-refractivity contribution in [1.29, 1.82) is 0 Å². The van der Waals surface area contributed by atoms with Gasteiger partial charge in [-0.2, -0.15) is 0 Å². The van der Waals surface area contributed by atoms with E-state index in [0.717, 1.165) is 19.3 Å². The summed E-state index contributed by atoms with van der Waals surface area (Å²) in [6.07, 6.45) is 3.55. The van der Waals surface area contributed by atoms with Crippen LogP contribution >= 0.6 is 0 Å². The van der Waals surface area contributed by atoms with E-state index in [0.29, 0.717) is 30.8 Å². The highest BCUT2D eigenvalue weighted by atomic mass is 16.5. The van der Waals surface area contributed by atoms with Crippen LogP contribution in [0.4, 0.5) is 11.5 Å². The Hall–Kier alpha value is -3.37. The largest absolute Gasteiger partial charge is 0.456 e. The number of esters is 1. The number of hydrogen-bond acceptors (Lipinski definition) is 8. The van der Waals surface area contributed by atoms with Crippen LogP contribution in [-0.2, 0) is 27.5 Å². The molecule has 11 heteroatoms. The number of ether oxygens (including phenoxy) is 1. The number of rotatable bonds is 13. The number of oxazole rings is 1. The molecule has 2 aromatic heterocycles. The van der Waals surface area contributed by atoms with Crippen LogP contribution in [0.1, 0.15) is 76.1 Å². The molecule has 0 fully saturated rings. The van der Waals surface area contributed by atoms with Gasteiger partial charge in [0.1, 0.15) is 11.6 Å². The van der Waals surface area contributed by atoms with E-state index in [1.54, 1.807) is 13.8 Å². The maximum absolute atomic E-state index is 13.1. The van der Waals surface area contributed by atoms with Gasteiger partial charge in [-0.3, -0.25) is 23.9 Å². The number of nitrogen functional groups attached to an aromatic ring is 1.